The van der Waals surface area contributed by atoms with Crippen LogP contribution in [0, 0.1) is 0 Å². The van der Waals surface area contributed by atoms with Gasteiger partial charge in [0.25, 0.3) is 0 Å². The van der Waals surface area contributed by atoms with Crippen LogP contribution in [0.15, 0.2) is 60.7 Å². The maximum Gasteiger partial charge on any atom is 0.198 e. The van der Waals surface area contributed by atoms with Crippen LogP contribution in [0.25, 0.3) is 0 Å². The van der Waals surface area contributed by atoms with Crippen molar-refractivity contribution in [1.82, 2.24) is 0 Å². The van der Waals surface area contributed by atoms with E-state index in [9.17, 15) is 79.8 Å². The zero-order valence-corrected chi connectivity index (χ0v) is 46.3. The number of nitrogens with two attached hydrogens (primary N) is 2. The van der Waals surface area contributed by atoms with Crippen molar-refractivity contribution in [2.75, 3.05) is 0 Å². The number of aliphatic hydroxyl groups excluding tert-OH is 4. The first-order valence-electron chi connectivity index (χ1n) is 27.9. The number of hydrogen-bond acceptors (Lipinski definition) is 20. The minimum Gasteiger partial charge on any atom is -0.507 e. The summed E-state index contributed by atoms with van der Waals surface area (Å²) in [7, 11) is 0. The Hall–Kier alpha value is -7.16. The minimum atomic E-state index is -2.12. The van der Waals surface area contributed by atoms with E-state index in [1.54, 1.807) is 13.8 Å². The number of carbonyl (C=O) groups is 6. The number of aromatic hydroxyl groups is 4. The second-order valence-corrected chi connectivity index (χ2v) is 23.2. The van der Waals surface area contributed by atoms with Crippen molar-refractivity contribution in [2.45, 2.75) is 165 Å². The van der Waals surface area contributed by atoms with Gasteiger partial charge in [-0.2, -0.15) is 0 Å². The van der Waals surface area contributed by atoms with E-state index in [1.165, 1.54) is 36.4 Å². The van der Waals surface area contributed by atoms with Crippen LogP contribution in [-0.4, -0.2) is 146 Å². The molecular weight excluding hydrogens is 1090 g/mol. The van der Waals surface area contributed by atoms with E-state index >= 15 is 0 Å². The quantitative estimate of drug-likeness (QED) is 0.0674. The Balaban J connectivity index is 0.763. The molecule has 5 aromatic carbocycles. The molecule has 0 amide bonds. The molecule has 12 atom stereocenters. The largest absolute Gasteiger partial charge is 0.507 e. The Morgan fingerprint density at radius 2 is 0.905 bits per heavy atom. The van der Waals surface area contributed by atoms with Gasteiger partial charge in [0.1, 0.15) is 71.6 Å². The topological polar surface area (TPSA) is 375 Å². The standard InChI is InChI=1S/C62H64N2O20/c1-25-51(69)37(15-41(81-25)83-39-19-61(79,27(3)67)17-35-45(39)59(77)49-47(55(35)73)53(71)33-9-5-7-31(23-65)43(33)57(49)75)63-21-29-11-13-30(14-12-29)22-64-38-16-42(82-26(2)52(38)70)84-40-20-62(80,28(4)68)18-36-46(40)60(78)50-48(56(36)74)54(72)34-10-6-8-32(24-66)44(34)58(50)76/h5-14,25-26,37-42,51-52,63-66,69-70,73-74,77-80H,15-24H2,1-4H3/p+2/t25?,26?,37?,38?,39-,40?,41?,42?,51?,52?,61-,62-/m0/s1. The molecule has 11 rings (SSSR count). The van der Waals surface area contributed by atoms with Crippen LogP contribution in [0.3, 0.4) is 0 Å². The van der Waals surface area contributed by atoms with Crippen LogP contribution in [0.5, 0.6) is 23.0 Å². The van der Waals surface area contributed by atoms with Gasteiger partial charge in [0.15, 0.2) is 47.3 Å². The van der Waals surface area contributed by atoms with Gasteiger partial charge in [0.2, 0.25) is 0 Å². The molecule has 0 spiro atoms. The SMILES string of the molecule is CC(=O)[C@]1(O)Cc2c(O)c3c(c(O)c2C(OC2CC([NH2+]Cc4ccc(C[NH2+]C5CC(O[C@H]6C[C@](O)(C(C)=O)Cc7c(O)c8c(c(O)c76)C(=O)c6c(CO)cccc6C8=O)OC(C)C5O)cc4)C(O)C(C)O2)C1)C(=O)c1c(CO)cccc1C3=O. The van der Waals surface area contributed by atoms with Crippen molar-refractivity contribution in [3.63, 3.8) is 0 Å². The van der Waals surface area contributed by atoms with Crippen molar-refractivity contribution >= 4 is 34.7 Å². The number of Topliss-reactive ketones (excluding diaryl/α,β-unsaturated/α-hetero) is 2. The van der Waals surface area contributed by atoms with Crippen LogP contribution in [0.4, 0.5) is 0 Å². The maximum absolute atomic E-state index is 14.1. The first kappa shape index (κ1) is 58.6. The number of quaternary nitrogens is 2. The molecule has 0 bridgehead atoms. The molecule has 4 aliphatic carbocycles. The van der Waals surface area contributed by atoms with Gasteiger partial charge in [-0.3, -0.25) is 28.8 Å². The number of benzene rings is 5. The molecule has 0 aromatic heterocycles. The fourth-order valence-electron chi connectivity index (χ4n) is 13.3. The van der Waals surface area contributed by atoms with Gasteiger partial charge in [0.05, 0.1) is 72.7 Å². The summed E-state index contributed by atoms with van der Waals surface area (Å²) in [4.78, 5) is 82.0. The third-order valence-corrected chi connectivity index (χ3v) is 18.1. The Bertz CT molecular complexity index is 3370. The highest BCUT2D eigenvalue weighted by Crippen LogP contribution is 2.54. The lowest BCUT2D eigenvalue weighted by molar-refractivity contribution is -0.719. The van der Waals surface area contributed by atoms with Gasteiger partial charge < -0.3 is 80.6 Å². The fourth-order valence-corrected chi connectivity index (χ4v) is 13.3. The number of aliphatic hydroxyl groups is 6. The highest BCUT2D eigenvalue weighted by molar-refractivity contribution is 6.32. The van der Waals surface area contributed by atoms with Crippen LogP contribution in [-0.2, 0) is 67.7 Å². The molecule has 22 nitrogen and oxygen atoms in total. The zero-order chi connectivity index (χ0) is 60.2. The summed E-state index contributed by atoms with van der Waals surface area (Å²) in [5, 5.41) is 117. The molecule has 14 N–H and O–H groups in total. The molecule has 0 radical (unpaired) electrons. The molecule has 9 unspecified atom stereocenters. The van der Waals surface area contributed by atoms with Crippen molar-refractivity contribution < 1.29 is 109 Å². The molecule has 6 aliphatic rings. The van der Waals surface area contributed by atoms with Gasteiger partial charge in [-0.15, -0.1) is 0 Å². The van der Waals surface area contributed by atoms with Crippen molar-refractivity contribution in [2.24, 2.45) is 0 Å². The summed E-state index contributed by atoms with van der Waals surface area (Å²) < 4.78 is 25.1. The van der Waals surface area contributed by atoms with E-state index < -0.39 is 191 Å². The number of ketones is 6. The molecule has 22 heteroatoms. The Labute approximate surface area is 480 Å². The molecule has 2 saturated heterocycles. The summed E-state index contributed by atoms with van der Waals surface area (Å²) in [5.41, 5.74) is -5.22. The molecular formula is C62H66N2O20+2. The Morgan fingerprint density at radius 1 is 0.548 bits per heavy atom. The monoisotopic (exact) mass is 1160 g/mol. The third kappa shape index (κ3) is 9.72. The molecule has 2 heterocycles. The summed E-state index contributed by atoms with van der Waals surface area (Å²) >= 11 is 0. The average molecular weight is 1160 g/mol. The summed E-state index contributed by atoms with van der Waals surface area (Å²) in [5.74, 6) is -7.35. The van der Waals surface area contributed by atoms with Crippen LogP contribution >= 0.6 is 0 Å². The lowest BCUT2D eigenvalue weighted by atomic mass is 9.71. The molecule has 2 aliphatic heterocycles. The second-order valence-electron chi connectivity index (χ2n) is 23.2. The highest BCUT2D eigenvalue weighted by Gasteiger charge is 2.52. The second kappa shape index (κ2) is 22.0. The van der Waals surface area contributed by atoms with Gasteiger partial charge in [0, 0.05) is 81.3 Å². The number of hydrogen-bond donors (Lipinski definition) is 12. The van der Waals surface area contributed by atoms with E-state index in [4.69, 9.17) is 18.9 Å². The van der Waals surface area contributed by atoms with E-state index in [0.717, 1.165) is 25.0 Å². The molecule has 5 aromatic rings. The van der Waals surface area contributed by atoms with Gasteiger partial charge in [-0.05, 0) is 38.8 Å². The summed E-state index contributed by atoms with van der Waals surface area (Å²) in [6.45, 7) is 5.19. The van der Waals surface area contributed by atoms with Gasteiger partial charge in [-0.25, -0.2) is 0 Å². The van der Waals surface area contributed by atoms with E-state index in [1.807, 2.05) is 34.9 Å². The van der Waals surface area contributed by atoms with Crippen molar-refractivity contribution in [3.05, 3.63) is 150 Å². The molecule has 442 valence electrons. The fraction of sp³-hybridized carbons (Fsp3) is 0.419. The van der Waals surface area contributed by atoms with E-state index in [2.05, 4.69) is 0 Å². The average Bonchev–Trinajstić information content (AvgIpc) is 1.12. The Kier molecular flexibility index (Phi) is 15.4. The Morgan fingerprint density at radius 3 is 1.25 bits per heavy atom. The van der Waals surface area contributed by atoms with Crippen LogP contribution in [0.2, 0.25) is 0 Å². The predicted molar refractivity (Wildman–Crippen MR) is 289 cm³/mol. The van der Waals surface area contributed by atoms with Gasteiger partial charge >= 0.3 is 0 Å². The van der Waals surface area contributed by atoms with E-state index in [-0.39, 0.29) is 68.5 Å². The number of phenolic OH excluding ortho intramolecular Hbond substituents is 4. The minimum absolute atomic E-state index is 0.0696. The highest BCUT2D eigenvalue weighted by atomic mass is 16.7. The number of ether oxygens (including phenoxy) is 4. The number of phenols is 4. The molecule has 2 fully saturated rings. The van der Waals surface area contributed by atoms with Gasteiger partial charge in [-0.1, -0.05) is 60.7 Å². The third-order valence-electron chi connectivity index (χ3n) is 18.1. The predicted octanol–water partition coefficient (Wildman–Crippen LogP) is 0.948. The zero-order valence-electron chi connectivity index (χ0n) is 46.3. The van der Waals surface area contributed by atoms with Crippen molar-refractivity contribution in [1.29, 1.82) is 0 Å². The normalized spacial score (nSPS) is 28.8. The summed E-state index contributed by atoms with van der Waals surface area (Å²) in [6, 6.07) is 15.1. The lowest BCUT2D eigenvalue weighted by Gasteiger charge is -2.42. The smallest absolute Gasteiger partial charge is 0.198 e. The van der Waals surface area contributed by atoms with E-state index in [0.29, 0.717) is 13.1 Å². The van der Waals surface area contributed by atoms with Crippen LogP contribution < -0.4 is 10.6 Å². The summed E-state index contributed by atoms with van der Waals surface area (Å²) in [6.07, 6.45) is -10.2. The van der Waals surface area contributed by atoms with Crippen LogP contribution in [0.1, 0.15) is 174 Å². The number of fused-ring (bicyclic) bond motifs is 6. The first-order valence-corrected chi connectivity index (χ1v) is 27.9. The maximum atomic E-state index is 14.1. The lowest BCUT2D eigenvalue weighted by Crippen LogP contribution is -2.93. The first-order chi connectivity index (χ1) is 39.9. The number of rotatable bonds is 14. The van der Waals surface area contributed by atoms with Crippen molar-refractivity contribution in [3.8, 4) is 23.0 Å². The number of carbonyl (C=O) groups excluding carboxylic acids is 6. The molecule has 84 heavy (non-hydrogen) atoms. The molecule has 0 saturated carbocycles.